The number of anilines is 1. The van der Waals surface area contributed by atoms with Crippen molar-refractivity contribution in [3.8, 4) is 0 Å². The molecule has 1 amide bonds. The summed E-state index contributed by atoms with van der Waals surface area (Å²) in [6.45, 7) is 1.44. The second-order valence-corrected chi connectivity index (χ2v) is 6.84. The maximum atomic E-state index is 12.5. The van der Waals surface area contributed by atoms with E-state index in [0.29, 0.717) is 24.1 Å². The van der Waals surface area contributed by atoms with E-state index >= 15 is 0 Å². The fourth-order valence-electron chi connectivity index (χ4n) is 3.51. The fraction of sp³-hybridized carbons (Fsp3) is 0.316. The molecule has 0 radical (unpaired) electrons. The van der Waals surface area contributed by atoms with Crippen molar-refractivity contribution in [2.24, 2.45) is 4.99 Å². The molecule has 28 heavy (non-hydrogen) atoms. The van der Waals surface area contributed by atoms with Crippen LogP contribution in [0.25, 0.3) is 0 Å². The predicted molar refractivity (Wildman–Crippen MR) is 101 cm³/mol. The number of amides is 1. The fourth-order valence-corrected chi connectivity index (χ4v) is 3.51. The van der Waals surface area contributed by atoms with E-state index in [2.05, 4.69) is 32.1 Å². The second-order valence-electron chi connectivity index (χ2n) is 6.84. The van der Waals surface area contributed by atoms with Crippen LogP contribution in [0.15, 0.2) is 63.8 Å². The lowest BCUT2D eigenvalue weighted by Crippen LogP contribution is -2.50. The van der Waals surface area contributed by atoms with Gasteiger partial charge in [-0.15, -0.1) is 0 Å². The van der Waals surface area contributed by atoms with Gasteiger partial charge in [0, 0.05) is 26.1 Å². The number of carbonyl (C=O) groups excluding carboxylic acids is 1. The van der Waals surface area contributed by atoms with Gasteiger partial charge in [0.15, 0.2) is 17.7 Å². The van der Waals surface area contributed by atoms with Crippen LogP contribution < -0.4 is 5.32 Å². The summed E-state index contributed by atoms with van der Waals surface area (Å²) in [5, 5.41) is 26.7. The summed E-state index contributed by atoms with van der Waals surface area (Å²) in [6.07, 6.45) is 2.17. The van der Waals surface area contributed by atoms with Crippen LogP contribution in [0.2, 0.25) is 0 Å². The molecule has 2 aromatic rings. The average molecular weight is 383 g/mol. The highest BCUT2D eigenvalue weighted by Crippen LogP contribution is 2.30. The Hall–Kier alpha value is -3.33. The van der Waals surface area contributed by atoms with Gasteiger partial charge >= 0.3 is 0 Å². The van der Waals surface area contributed by atoms with Crippen molar-refractivity contribution in [3.05, 3.63) is 59.8 Å². The number of nitrogens with zero attached hydrogens (tertiary/aromatic N) is 4. The lowest BCUT2D eigenvalue weighted by molar-refractivity contribution is -0.113. The summed E-state index contributed by atoms with van der Waals surface area (Å²) in [6, 6.07) is 10.2. The van der Waals surface area contributed by atoms with Crippen LogP contribution in [0.4, 0.5) is 5.69 Å². The lowest BCUT2D eigenvalue weighted by atomic mass is 9.99. The van der Waals surface area contributed by atoms with Crippen molar-refractivity contribution in [2.45, 2.75) is 18.6 Å². The molecule has 2 aliphatic rings. The predicted octanol–water partition coefficient (Wildman–Crippen LogP) is 1.49. The van der Waals surface area contributed by atoms with E-state index in [4.69, 9.17) is 0 Å². The van der Waals surface area contributed by atoms with Gasteiger partial charge in [0.2, 0.25) is 5.96 Å². The molecule has 1 saturated heterocycles. The molecule has 0 aliphatic carbocycles. The monoisotopic (exact) mass is 383 g/mol. The summed E-state index contributed by atoms with van der Waals surface area (Å²) in [7, 11) is 1.63. The molecule has 2 aliphatic heterocycles. The molecule has 0 saturated carbocycles. The molecular weight excluding hydrogens is 362 g/mol. The number of aromatic nitrogens is 1. The van der Waals surface area contributed by atoms with Gasteiger partial charge in [0.1, 0.15) is 12.0 Å². The molecule has 9 nitrogen and oxygen atoms in total. The summed E-state index contributed by atoms with van der Waals surface area (Å²) in [5.74, 6) is -0.370. The first-order chi connectivity index (χ1) is 13.5. The lowest BCUT2D eigenvalue weighted by Gasteiger charge is -2.35. The molecule has 1 unspecified atom stereocenters. The molecule has 0 spiro atoms. The van der Waals surface area contributed by atoms with Crippen molar-refractivity contribution in [3.63, 3.8) is 0 Å². The smallest absolute Gasteiger partial charge is 0.278 e. The molecule has 9 heteroatoms. The zero-order valence-corrected chi connectivity index (χ0v) is 15.3. The number of aliphatic hydroxyl groups is 2. The Labute approximate surface area is 161 Å². The topological polar surface area (TPSA) is 114 Å². The molecule has 1 aromatic carbocycles. The third-order valence-corrected chi connectivity index (χ3v) is 5.03. The zero-order chi connectivity index (χ0) is 19.7. The molecule has 1 fully saturated rings. The standard InChI is InChI=1S/C19H21N5O4/c1-23-18(27)16(25)15(17(26)21-14-9-20-28-11-14)22-19(23)24-8-7-13(10-24)12-5-3-2-4-6-12/h2-6,9,11,13,18,25,27H,7-8,10H2,1H3,(H,21,26)/t13-,18?/m0/s1. The zero-order valence-electron chi connectivity index (χ0n) is 15.3. The van der Waals surface area contributed by atoms with Crippen molar-refractivity contribution < 1.29 is 19.5 Å². The number of guanidine groups is 1. The van der Waals surface area contributed by atoms with E-state index in [1.54, 1.807) is 7.05 Å². The van der Waals surface area contributed by atoms with Gasteiger partial charge < -0.3 is 29.9 Å². The number of carbonyl (C=O) groups is 1. The Balaban J connectivity index is 1.56. The van der Waals surface area contributed by atoms with Crippen molar-refractivity contribution in [2.75, 3.05) is 25.5 Å². The van der Waals surface area contributed by atoms with Crippen LogP contribution >= 0.6 is 0 Å². The average Bonchev–Trinajstić information content (AvgIpc) is 3.39. The molecule has 2 atom stereocenters. The maximum absolute atomic E-state index is 12.5. The highest BCUT2D eigenvalue weighted by molar-refractivity contribution is 6.06. The first-order valence-electron chi connectivity index (χ1n) is 8.98. The minimum Gasteiger partial charge on any atom is -0.506 e. The van der Waals surface area contributed by atoms with Gasteiger partial charge in [-0.1, -0.05) is 35.5 Å². The van der Waals surface area contributed by atoms with E-state index in [-0.39, 0.29) is 5.70 Å². The Morgan fingerprint density at radius 2 is 2.11 bits per heavy atom. The van der Waals surface area contributed by atoms with Gasteiger partial charge in [-0.05, 0) is 12.0 Å². The quantitative estimate of drug-likeness (QED) is 0.736. The third-order valence-electron chi connectivity index (χ3n) is 5.03. The number of likely N-dealkylation sites (N-methyl/N-ethyl adjacent to an activating group) is 1. The van der Waals surface area contributed by atoms with Gasteiger partial charge in [-0.25, -0.2) is 4.99 Å². The van der Waals surface area contributed by atoms with Crippen LogP contribution in [-0.4, -0.2) is 63.4 Å². The summed E-state index contributed by atoms with van der Waals surface area (Å²) in [5.41, 5.74) is 1.35. The van der Waals surface area contributed by atoms with E-state index < -0.39 is 17.9 Å². The molecule has 146 valence electrons. The number of hydrogen-bond acceptors (Lipinski definition) is 8. The van der Waals surface area contributed by atoms with Crippen molar-refractivity contribution in [1.82, 2.24) is 15.0 Å². The van der Waals surface area contributed by atoms with E-state index in [0.717, 1.165) is 13.0 Å². The largest absolute Gasteiger partial charge is 0.506 e. The number of aliphatic hydroxyl groups excluding tert-OH is 2. The molecule has 3 heterocycles. The van der Waals surface area contributed by atoms with Gasteiger partial charge in [-0.2, -0.15) is 0 Å². The second kappa shape index (κ2) is 7.35. The Bertz CT molecular complexity index is 910. The first-order valence-corrected chi connectivity index (χ1v) is 8.98. The molecule has 3 N–H and O–H groups in total. The van der Waals surface area contributed by atoms with E-state index in [1.165, 1.54) is 22.9 Å². The minimum absolute atomic E-state index is 0.232. The van der Waals surface area contributed by atoms with E-state index in [1.807, 2.05) is 23.1 Å². The minimum atomic E-state index is -1.36. The van der Waals surface area contributed by atoms with Crippen LogP contribution in [0.5, 0.6) is 0 Å². The Kier molecular flexibility index (Phi) is 4.74. The van der Waals surface area contributed by atoms with Crippen molar-refractivity contribution >= 4 is 17.6 Å². The maximum Gasteiger partial charge on any atom is 0.278 e. The van der Waals surface area contributed by atoms with Crippen LogP contribution in [0, 0.1) is 0 Å². The molecular formula is C19H21N5O4. The number of rotatable bonds is 3. The highest BCUT2D eigenvalue weighted by atomic mass is 16.5. The number of likely N-dealkylation sites (tertiary alicyclic amines) is 1. The SMILES string of the molecule is CN1C(N2CC[C@H](c3ccccc3)C2)=NC(C(=O)Nc2cnoc2)=C(O)C1O. The number of nitrogens with one attached hydrogen (secondary N) is 1. The van der Waals surface area contributed by atoms with Gasteiger partial charge in [0.05, 0.1) is 6.20 Å². The van der Waals surface area contributed by atoms with Gasteiger partial charge in [-0.3, -0.25) is 4.79 Å². The number of benzene rings is 1. The van der Waals surface area contributed by atoms with Gasteiger partial charge in [0.25, 0.3) is 5.91 Å². The first kappa shape index (κ1) is 18.1. The van der Waals surface area contributed by atoms with Crippen LogP contribution in [0.3, 0.4) is 0 Å². The molecule has 4 rings (SSSR count). The number of aliphatic imine (C=N–C) groups is 1. The summed E-state index contributed by atoms with van der Waals surface area (Å²) < 4.78 is 4.68. The van der Waals surface area contributed by atoms with Crippen LogP contribution in [0.1, 0.15) is 17.9 Å². The Morgan fingerprint density at radius 3 is 2.82 bits per heavy atom. The molecule has 1 aromatic heterocycles. The normalized spacial score (nSPS) is 22.4. The summed E-state index contributed by atoms with van der Waals surface area (Å²) >= 11 is 0. The van der Waals surface area contributed by atoms with E-state index in [9.17, 15) is 15.0 Å². The Morgan fingerprint density at radius 1 is 1.32 bits per heavy atom. The van der Waals surface area contributed by atoms with Crippen molar-refractivity contribution in [1.29, 1.82) is 0 Å². The molecule has 0 bridgehead atoms. The third kappa shape index (κ3) is 3.31. The summed E-state index contributed by atoms with van der Waals surface area (Å²) in [4.78, 5) is 20.4. The number of hydrogen-bond donors (Lipinski definition) is 3. The highest BCUT2D eigenvalue weighted by Gasteiger charge is 2.36. The van der Waals surface area contributed by atoms with Crippen LogP contribution in [-0.2, 0) is 4.79 Å².